The van der Waals surface area contributed by atoms with E-state index >= 15 is 0 Å². The summed E-state index contributed by atoms with van der Waals surface area (Å²) in [7, 11) is 0. The Kier molecular flexibility index (Phi) is 3.49. The first-order valence-electron chi connectivity index (χ1n) is 5.41. The summed E-state index contributed by atoms with van der Waals surface area (Å²) in [5.74, 6) is 0.902. The highest BCUT2D eigenvalue weighted by molar-refractivity contribution is 5.37. The second-order valence-corrected chi connectivity index (χ2v) is 3.76. The Morgan fingerprint density at radius 2 is 2.22 bits per heavy atom. The Hall–Kier alpha value is -2.48. The molecular formula is C13H11FN4. The minimum Gasteiger partial charge on any atom is -0.366 e. The van der Waals surface area contributed by atoms with Crippen LogP contribution in [0.25, 0.3) is 0 Å². The number of halogens is 1. The molecule has 2 rings (SSSR count). The van der Waals surface area contributed by atoms with E-state index in [2.05, 4.69) is 15.3 Å². The van der Waals surface area contributed by atoms with Gasteiger partial charge < -0.3 is 5.32 Å². The Bertz CT molecular complexity index is 604. The molecule has 0 bridgehead atoms. The van der Waals surface area contributed by atoms with E-state index in [0.717, 1.165) is 0 Å². The van der Waals surface area contributed by atoms with Crippen molar-refractivity contribution in [3.8, 4) is 6.07 Å². The second-order valence-electron chi connectivity index (χ2n) is 3.76. The van der Waals surface area contributed by atoms with Gasteiger partial charge in [-0.15, -0.1) is 0 Å². The highest BCUT2D eigenvalue weighted by Gasteiger charge is 2.04. The van der Waals surface area contributed by atoms with Gasteiger partial charge in [0.25, 0.3) is 0 Å². The number of hydrogen-bond donors (Lipinski definition) is 1. The summed E-state index contributed by atoms with van der Waals surface area (Å²) in [4.78, 5) is 8.13. The molecule has 0 saturated carbocycles. The van der Waals surface area contributed by atoms with Gasteiger partial charge in [-0.2, -0.15) is 5.26 Å². The van der Waals surface area contributed by atoms with Crippen LogP contribution < -0.4 is 5.32 Å². The lowest BCUT2D eigenvalue weighted by molar-refractivity contribution is 0.612. The monoisotopic (exact) mass is 242 g/mol. The first kappa shape index (κ1) is 12.0. The van der Waals surface area contributed by atoms with Crippen molar-refractivity contribution in [1.82, 2.24) is 9.97 Å². The summed E-state index contributed by atoms with van der Waals surface area (Å²) in [6.45, 7) is 2.10. The van der Waals surface area contributed by atoms with Gasteiger partial charge in [-0.25, -0.2) is 14.4 Å². The van der Waals surface area contributed by atoms with Gasteiger partial charge in [0.2, 0.25) is 0 Å². The van der Waals surface area contributed by atoms with Crippen LogP contribution in [0.15, 0.2) is 30.5 Å². The molecule has 0 spiro atoms. The fourth-order valence-corrected chi connectivity index (χ4v) is 1.50. The van der Waals surface area contributed by atoms with Crippen molar-refractivity contribution in [1.29, 1.82) is 5.26 Å². The predicted octanol–water partition coefficient (Wildman–Crippen LogP) is 2.41. The lowest BCUT2D eigenvalue weighted by atomic mass is 10.1. The molecule has 2 aromatic rings. The Balaban J connectivity index is 2.09. The number of aryl methyl sites for hydroxylation is 1. The van der Waals surface area contributed by atoms with Gasteiger partial charge in [0.05, 0.1) is 11.6 Å². The summed E-state index contributed by atoms with van der Waals surface area (Å²) >= 11 is 0. The molecule has 18 heavy (non-hydrogen) atoms. The van der Waals surface area contributed by atoms with Crippen molar-refractivity contribution in [3.05, 3.63) is 53.2 Å². The van der Waals surface area contributed by atoms with Crippen molar-refractivity contribution in [2.45, 2.75) is 13.5 Å². The van der Waals surface area contributed by atoms with E-state index in [4.69, 9.17) is 5.26 Å². The van der Waals surface area contributed by atoms with Crippen LogP contribution in [0.3, 0.4) is 0 Å². The van der Waals surface area contributed by atoms with E-state index in [1.54, 1.807) is 31.3 Å². The lowest BCUT2D eigenvalue weighted by Gasteiger charge is -2.07. The van der Waals surface area contributed by atoms with E-state index in [0.29, 0.717) is 29.3 Å². The Labute approximate surface area is 104 Å². The van der Waals surface area contributed by atoms with E-state index in [1.807, 2.05) is 6.07 Å². The predicted molar refractivity (Wildman–Crippen MR) is 65.2 cm³/mol. The first-order chi connectivity index (χ1) is 8.69. The van der Waals surface area contributed by atoms with Crippen molar-refractivity contribution < 1.29 is 4.39 Å². The number of nitrogens with one attached hydrogen (secondary N) is 1. The van der Waals surface area contributed by atoms with Crippen LogP contribution in [0.5, 0.6) is 0 Å². The number of benzene rings is 1. The standard InChI is InChI=1S/C13H11FN4/c1-9-16-5-4-13(18-9)17-8-11-3-2-10(7-15)6-12(11)14/h2-6H,8H2,1H3,(H,16,17,18). The largest absolute Gasteiger partial charge is 0.366 e. The molecule has 0 radical (unpaired) electrons. The summed E-state index contributed by atoms with van der Waals surface area (Å²) in [6.07, 6.45) is 1.64. The SMILES string of the molecule is Cc1nccc(NCc2ccc(C#N)cc2F)n1. The maximum atomic E-state index is 13.6. The molecule has 0 saturated heterocycles. The van der Waals surface area contributed by atoms with Gasteiger partial charge in [0.15, 0.2) is 0 Å². The van der Waals surface area contributed by atoms with Gasteiger partial charge in [-0.1, -0.05) is 6.07 Å². The van der Waals surface area contributed by atoms with Crippen LogP contribution in [0, 0.1) is 24.1 Å². The van der Waals surface area contributed by atoms with Gasteiger partial charge >= 0.3 is 0 Å². The molecular weight excluding hydrogens is 231 g/mol. The van der Waals surface area contributed by atoms with Gasteiger partial charge in [-0.05, 0) is 25.1 Å². The summed E-state index contributed by atoms with van der Waals surface area (Å²) in [6, 6.07) is 8.02. The molecule has 0 atom stereocenters. The van der Waals surface area contributed by atoms with Gasteiger partial charge in [-0.3, -0.25) is 0 Å². The topological polar surface area (TPSA) is 61.6 Å². The van der Waals surface area contributed by atoms with Crippen LogP contribution in [-0.2, 0) is 6.54 Å². The van der Waals surface area contributed by atoms with Crippen molar-refractivity contribution in [2.24, 2.45) is 0 Å². The molecule has 1 N–H and O–H groups in total. The van der Waals surface area contributed by atoms with Crippen LogP contribution in [0.4, 0.5) is 10.2 Å². The Morgan fingerprint density at radius 1 is 1.39 bits per heavy atom. The number of anilines is 1. The average molecular weight is 242 g/mol. The molecule has 1 aromatic heterocycles. The smallest absolute Gasteiger partial charge is 0.129 e. The summed E-state index contributed by atoms with van der Waals surface area (Å²) in [5.41, 5.74) is 0.805. The Morgan fingerprint density at radius 3 is 2.89 bits per heavy atom. The van der Waals surface area contributed by atoms with Crippen LogP contribution in [0.2, 0.25) is 0 Å². The first-order valence-corrected chi connectivity index (χ1v) is 5.41. The molecule has 1 aromatic carbocycles. The van der Waals surface area contributed by atoms with Crippen LogP contribution >= 0.6 is 0 Å². The molecule has 0 aliphatic heterocycles. The number of hydrogen-bond acceptors (Lipinski definition) is 4. The lowest BCUT2D eigenvalue weighted by Crippen LogP contribution is -2.04. The molecule has 4 nitrogen and oxygen atoms in total. The normalized spacial score (nSPS) is 9.83. The summed E-state index contributed by atoms with van der Waals surface area (Å²) < 4.78 is 13.6. The van der Waals surface area contributed by atoms with E-state index in [-0.39, 0.29) is 0 Å². The summed E-state index contributed by atoms with van der Waals surface area (Å²) in [5, 5.41) is 11.6. The molecule has 0 aliphatic rings. The van der Waals surface area contributed by atoms with Crippen molar-refractivity contribution >= 4 is 5.82 Å². The number of nitrogens with zero attached hydrogens (tertiary/aromatic N) is 3. The number of nitriles is 1. The van der Waals surface area contributed by atoms with Gasteiger partial charge in [0, 0.05) is 18.3 Å². The highest BCUT2D eigenvalue weighted by Crippen LogP contribution is 2.12. The molecule has 1 heterocycles. The zero-order valence-corrected chi connectivity index (χ0v) is 9.81. The zero-order chi connectivity index (χ0) is 13.0. The molecule has 0 aliphatic carbocycles. The third-order valence-corrected chi connectivity index (χ3v) is 2.42. The maximum Gasteiger partial charge on any atom is 0.129 e. The number of aromatic nitrogens is 2. The molecule has 0 amide bonds. The molecule has 90 valence electrons. The zero-order valence-electron chi connectivity index (χ0n) is 9.81. The van der Waals surface area contributed by atoms with Gasteiger partial charge in [0.1, 0.15) is 17.5 Å². The third-order valence-electron chi connectivity index (χ3n) is 2.42. The average Bonchev–Trinajstić information content (AvgIpc) is 2.37. The van der Waals surface area contributed by atoms with Crippen molar-refractivity contribution in [3.63, 3.8) is 0 Å². The second kappa shape index (κ2) is 5.23. The number of rotatable bonds is 3. The maximum absolute atomic E-state index is 13.6. The fourth-order valence-electron chi connectivity index (χ4n) is 1.50. The van der Waals surface area contributed by atoms with E-state index in [9.17, 15) is 4.39 Å². The highest BCUT2D eigenvalue weighted by atomic mass is 19.1. The molecule has 0 fully saturated rings. The van der Waals surface area contributed by atoms with E-state index in [1.165, 1.54) is 6.07 Å². The van der Waals surface area contributed by atoms with E-state index < -0.39 is 5.82 Å². The minimum atomic E-state index is -0.396. The molecule has 5 heteroatoms. The minimum absolute atomic E-state index is 0.313. The third kappa shape index (κ3) is 2.80. The van der Waals surface area contributed by atoms with Crippen LogP contribution in [0.1, 0.15) is 17.0 Å². The quantitative estimate of drug-likeness (QED) is 0.897. The molecule has 0 unspecified atom stereocenters. The fraction of sp³-hybridized carbons (Fsp3) is 0.154. The van der Waals surface area contributed by atoms with Crippen molar-refractivity contribution in [2.75, 3.05) is 5.32 Å². The van der Waals surface area contributed by atoms with Crippen LogP contribution in [-0.4, -0.2) is 9.97 Å².